The van der Waals surface area contributed by atoms with Gasteiger partial charge < -0.3 is 9.84 Å². The van der Waals surface area contributed by atoms with Crippen molar-refractivity contribution in [1.82, 2.24) is 4.72 Å². The fourth-order valence-electron chi connectivity index (χ4n) is 2.96. The third-order valence-electron chi connectivity index (χ3n) is 5.04. The molecule has 25 heavy (non-hydrogen) atoms. The third-order valence-corrected chi connectivity index (χ3v) is 7.60. The predicted octanol–water partition coefficient (Wildman–Crippen LogP) is 3.46. The largest absolute Gasteiger partial charge is 0.387 e. The Bertz CT molecular complexity index is 730. The Kier molecular flexibility index (Phi) is 6.14. The lowest BCUT2D eigenvalue weighted by molar-refractivity contribution is -0.148. The summed E-state index contributed by atoms with van der Waals surface area (Å²) in [6, 6.07) is 1.64. The number of nitrogens with one attached hydrogen (secondary N) is 1. The van der Waals surface area contributed by atoms with Crippen molar-refractivity contribution in [2.75, 3.05) is 19.8 Å². The van der Waals surface area contributed by atoms with Crippen molar-refractivity contribution in [2.45, 2.75) is 51.0 Å². The van der Waals surface area contributed by atoms with E-state index in [0.717, 1.165) is 6.42 Å². The highest BCUT2D eigenvalue weighted by Crippen LogP contribution is 2.38. The lowest BCUT2D eigenvalue weighted by Crippen LogP contribution is -2.55. The molecule has 142 valence electrons. The molecule has 0 radical (unpaired) electrons. The topological polar surface area (TPSA) is 75.6 Å². The molecule has 0 amide bonds. The fourth-order valence-corrected chi connectivity index (χ4v) is 5.38. The zero-order chi connectivity index (χ0) is 19.0. The van der Waals surface area contributed by atoms with Crippen LogP contribution >= 0.6 is 23.2 Å². The van der Waals surface area contributed by atoms with E-state index in [1.165, 1.54) is 0 Å². The quantitative estimate of drug-likeness (QED) is 0.780. The van der Waals surface area contributed by atoms with E-state index in [-0.39, 0.29) is 23.1 Å². The average Bonchev–Trinajstić information content (AvgIpc) is 2.52. The van der Waals surface area contributed by atoms with Gasteiger partial charge in [0.05, 0.1) is 17.2 Å². The number of aliphatic hydroxyl groups is 1. The van der Waals surface area contributed by atoms with E-state index in [4.69, 9.17) is 27.9 Å². The van der Waals surface area contributed by atoms with Crippen molar-refractivity contribution in [2.24, 2.45) is 5.41 Å². The molecule has 5 nitrogen and oxygen atoms in total. The summed E-state index contributed by atoms with van der Waals surface area (Å²) in [5, 5.41) is 11.4. The molecule has 0 bridgehead atoms. The first-order valence-electron chi connectivity index (χ1n) is 8.16. The summed E-state index contributed by atoms with van der Waals surface area (Å²) in [6.07, 6.45) is 1.31. The van der Waals surface area contributed by atoms with Crippen molar-refractivity contribution in [1.29, 1.82) is 0 Å². The van der Waals surface area contributed by atoms with Gasteiger partial charge in [0.1, 0.15) is 4.90 Å². The van der Waals surface area contributed by atoms with E-state index in [9.17, 15) is 13.5 Å². The highest BCUT2D eigenvalue weighted by molar-refractivity contribution is 7.89. The second-order valence-electron chi connectivity index (χ2n) is 7.34. The number of rotatable bonds is 5. The monoisotopic (exact) mass is 409 g/mol. The Balaban J connectivity index is 2.28. The number of aryl methyl sites for hydroxylation is 1. The minimum atomic E-state index is -3.88. The molecule has 0 aromatic heterocycles. The van der Waals surface area contributed by atoms with Crippen LogP contribution in [0.1, 0.15) is 37.8 Å². The lowest BCUT2D eigenvalue weighted by atomic mass is 9.72. The highest BCUT2D eigenvalue weighted by Gasteiger charge is 2.45. The average molecular weight is 410 g/mol. The Morgan fingerprint density at radius 3 is 2.56 bits per heavy atom. The van der Waals surface area contributed by atoms with Crippen LogP contribution in [0.5, 0.6) is 0 Å². The van der Waals surface area contributed by atoms with Crippen molar-refractivity contribution >= 4 is 33.2 Å². The van der Waals surface area contributed by atoms with Crippen molar-refractivity contribution in [3.63, 3.8) is 0 Å². The molecular formula is C17H25Cl2NO4S. The van der Waals surface area contributed by atoms with Crippen LogP contribution in [0, 0.1) is 19.3 Å². The molecule has 1 aromatic rings. The highest BCUT2D eigenvalue weighted by atomic mass is 35.5. The second-order valence-corrected chi connectivity index (χ2v) is 9.83. The third kappa shape index (κ3) is 4.15. The maximum absolute atomic E-state index is 12.8. The van der Waals surface area contributed by atoms with Crippen LogP contribution in [0.4, 0.5) is 0 Å². The molecule has 2 rings (SSSR count). The maximum atomic E-state index is 12.8. The zero-order valence-corrected chi connectivity index (χ0v) is 17.3. The van der Waals surface area contributed by atoms with Crippen LogP contribution in [0.25, 0.3) is 0 Å². The van der Waals surface area contributed by atoms with Gasteiger partial charge in [-0.15, -0.1) is 0 Å². The first-order chi connectivity index (χ1) is 11.4. The van der Waals surface area contributed by atoms with Gasteiger partial charge in [0.25, 0.3) is 0 Å². The van der Waals surface area contributed by atoms with Gasteiger partial charge in [-0.3, -0.25) is 0 Å². The van der Waals surface area contributed by atoms with Gasteiger partial charge in [-0.1, -0.05) is 37.0 Å². The van der Waals surface area contributed by atoms with E-state index < -0.39 is 21.0 Å². The summed E-state index contributed by atoms with van der Waals surface area (Å²) in [6.45, 7) is 7.83. The first-order valence-corrected chi connectivity index (χ1v) is 10.4. The second kappa shape index (κ2) is 7.33. The maximum Gasteiger partial charge on any atom is 0.242 e. The summed E-state index contributed by atoms with van der Waals surface area (Å²) >= 11 is 12.4. The van der Waals surface area contributed by atoms with Gasteiger partial charge in [0.15, 0.2) is 0 Å². The Morgan fingerprint density at radius 1 is 1.36 bits per heavy atom. The van der Waals surface area contributed by atoms with E-state index in [0.29, 0.717) is 29.2 Å². The summed E-state index contributed by atoms with van der Waals surface area (Å²) in [5.74, 6) is 0. The molecule has 1 aromatic carbocycles. The normalized spacial score (nSPS) is 22.2. The molecule has 2 N–H and O–H groups in total. The molecule has 1 saturated heterocycles. The molecule has 1 unspecified atom stereocenters. The summed E-state index contributed by atoms with van der Waals surface area (Å²) in [5.41, 5.74) is -0.802. The van der Waals surface area contributed by atoms with E-state index in [1.807, 2.05) is 13.8 Å². The number of halogens is 2. The van der Waals surface area contributed by atoms with Gasteiger partial charge in [-0.2, -0.15) is 0 Å². The Hall–Kier alpha value is -0.370. The fraction of sp³-hybridized carbons (Fsp3) is 0.647. The van der Waals surface area contributed by atoms with Crippen molar-refractivity contribution < 1.29 is 18.3 Å². The molecule has 1 aliphatic heterocycles. The summed E-state index contributed by atoms with van der Waals surface area (Å²) in [7, 11) is -3.88. The van der Waals surface area contributed by atoms with Crippen LogP contribution in [0.2, 0.25) is 10.0 Å². The first kappa shape index (κ1) is 20.9. The molecular weight excluding hydrogens is 385 g/mol. The van der Waals surface area contributed by atoms with Crippen LogP contribution in [0.3, 0.4) is 0 Å². The Labute approximate surface area is 159 Å². The molecule has 1 heterocycles. The minimum absolute atomic E-state index is 0.0122. The molecule has 1 fully saturated rings. The minimum Gasteiger partial charge on any atom is -0.387 e. The molecule has 0 saturated carbocycles. The van der Waals surface area contributed by atoms with E-state index in [2.05, 4.69) is 4.72 Å². The number of benzene rings is 1. The number of hydrogen-bond donors (Lipinski definition) is 2. The molecule has 0 spiro atoms. The standard InChI is InChI=1S/C17H25Cl2NO4S/c1-11-8-13(18)12(2)15(14(11)19)25(22,23)20-9-16(3,4)17(21)6-5-7-24-10-17/h8,20-21H,5-7,9-10H2,1-4H3. The van der Waals surface area contributed by atoms with Crippen LogP contribution < -0.4 is 4.72 Å². The van der Waals surface area contributed by atoms with Gasteiger partial charge >= 0.3 is 0 Å². The van der Waals surface area contributed by atoms with Crippen molar-refractivity contribution in [3.8, 4) is 0 Å². The van der Waals surface area contributed by atoms with Crippen molar-refractivity contribution in [3.05, 3.63) is 27.2 Å². The molecule has 1 aliphatic rings. The summed E-state index contributed by atoms with van der Waals surface area (Å²) in [4.78, 5) is -0.0122. The number of sulfonamides is 1. The number of ether oxygens (including phenoxy) is 1. The van der Waals surface area contributed by atoms with Crippen LogP contribution in [-0.4, -0.2) is 38.9 Å². The summed E-state index contributed by atoms with van der Waals surface area (Å²) < 4.78 is 33.7. The SMILES string of the molecule is Cc1cc(Cl)c(C)c(S(=O)(=O)NCC(C)(C)C2(O)CCCOC2)c1Cl. The number of hydrogen-bond acceptors (Lipinski definition) is 4. The zero-order valence-electron chi connectivity index (χ0n) is 14.9. The van der Waals surface area contributed by atoms with Gasteiger partial charge in [0.2, 0.25) is 10.0 Å². The predicted molar refractivity (Wildman–Crippen MR) is 99.9 cm³/mol. The van der Waals surface area contributed by atoms with Gasteiger partial charge in [-0.05, 0) is 43.9 Å². The molecule has 1 atom stereocenters. The van der Waals surface area contributed by atoms with Crippen LogP contribution in [-0.2, 0) is 14.8 Å². The lowest BCUT2D eigenvalue weighted by Gasteiger charge is -2.44. The smallest absolute Gasteiger partial charge is 0.242 e. The van der Waals surface area contributed by atoms with E-state index in [1.54, 1.807) is 19.9 Å². The van der Waals surface area contributed by atoms with Gasteiger partial charge in [-0.25, -0.2) is 13.1 Å². The van der Waals surface area contributed by atoms with E-state index >= 15 is 0 Å². The molecule has 0 aliphatic carbocycles. The molecule has 8 heteroatoms. The van der Waals surface area contributed by atoms with Gasteiger partial charge in [0, 0.05) is 23.6 Å². The van der Waals surface area contributed by atoms with Crippen LogP contribution in [0.15, 0.2) is 11.0 Å². The Morgan fingerprint density at radius 2 is 2.00 bits per heavy atom.